The second kappa shape index (κ2) is 7.38. The molecule has 1 saturated carbocycles. The minimum absolute atomic E-state index is 0.0627. The Hall–Kier alpha value is -2.50. The number of aromatic nitrogens is 3. The maximum atomic E-state index is 12.4. The van der Waals surface area contributed by atoms with E-state index in [1.807, 2.05) is 6.07 Å². The van der Waals surface area contributed by atoms with Crippen LogP contribution in [-0.2, 0) is 11.2 Å². The number of carbonyl (C=O) groups excluding carboxylic acids is 1. The van der Waals surface area contributed by atoms with Crippen LogP contribution in [0.25, 0.3) is 11.5 Å². The summed E-state index contributed by atoms with van der Waals surface area (Å²) in [4.78, 5) is 35.9. The topological polar surface area (TPSA) is 87.7 Å². The molecule has 2 aromatic heterocycles. The molecule has 2 N–H and O–H groups in total. The molecule has 1 aliphatic carbocycles. The van der Waals surface area contributed by atoms with Crippen LogP contribution in [0.1, 0.15) is 43.4 Å². The molecule has 6 heteroatoms. The minimum atomic E-state index is -0.276. The molecule has 24 heavy (non-hydrogen) atoms. The third-order valence-corrected chi connectivity index (χ3v) is 4.44. The van der Waals surface area contributed by atoms with Crippen molar-refractivity contribution in [2.24, 2.45) is 0 Å². The molecule has 1 aliphatic rings. The van der Waals surface area contributed by atoms with Gasteiger partial charge in [0.1, 0.15) is 5.69 Å². The molecule has 2 heterocycles. The first-order chi connectivity index (χ1) is 11.6. The van der Waals surface area contributed by atoms with Crippen LogP contribution >= 0.6 is 0 Å². The van der Waals surface area contributed by atoms with Crippen molar-refractivity contribution in [3.8, 4) is 11.5 Å². The van der Waals surface area contributed by atoms with E-state index in [-0.39, 0.29) is 23.9 Å². The van der Waals surface area contributed by atoms with Crippen LogP contribution in [0.2, 0.25) is 0 Å². The van der Waals surface area contributed by atoms with Gasteiger partial charge in [-0.2, -0.15) is 0 Å². The molecule has 2 aromatic rings. The number of hydrogen-bond acceptors (Lipinski definition) is 4. The number of rotatable bonds is 4. The van der Waals surface area contributed by atoms with Gasteiger partial charge in [-0.15, -0.1) is 0 Å². The number of nitrogens with one attached hydrogen (secondary N) is 2. The Labute approximate surface area is 140 Å². The molecule has 126 valence electrons. The second-order valence-electron chi connectivity index (χ2n) is 6.27. The van der Waals surface area contributed by atoms with Gasteiger partial charge in [0.2, 0.25) is 5.91 Å². The second-order valence-corrected chi connectivity index (χ2v) is 6.27. The Morgan fingerprint density at radius 3 is 2.75 bits per heavy atom. The lowest BCUT2D eigenvalue weighted by molar-refractivity contribution is -0.121. The van der Waals surface area contributed by atoms with Crippen LogP contribution in [0, 0.1) is 6.92 Å². The predicted molar refractivity (Wildman–Crippen MR) is 91.5 cm³/mol. The summed E-state index contributed by atoms with van der Waals surface area (Å²) >= 11 is 0. The number of H-pyrrole nitrogens is 1. The Morgan fingerprint density at radius 2 is 2.08 bits per heavy atom. The van der Waals surface area contributed by atoms with Crippen LogP contribution in [0.4, 0.5) is 0 Å². The van der Waals surface area contributed by atoms with Crippen molar-refractivity contribution in [2.75, 3.05) is 0 Å². The quantitative estimate of drug-likeness (QED) is 0.901. The van der Waals surface area contributed by atoms with Crippen molar-refractivity contribution in [1.82, 2.24) is 20.3 Å². The molecule has 3 rings (SSSR count). The van der Waals surface area contributed by atoms with Crippen LogP contribution < -0.4 is 10.9 Å². The van der Waals surface area contributed by atoms with E-state index in [4.69, 9.17) is 0 Å². The molecule has 0 spiro atoms. The van der Waals surface area contributed by atoms with E-state index in [0.717, 1.165) is 25.7 Å². The highest BCUT2D eigenvalue weighted by Crippen LogP contribution is 2.17. The van der Waals surface area contributed by atoms with Crippen LogP contribution in [0.5, 0.6) is 0 Å². The van der Waals surface area contributed by atoms with Gasteiger partial charge in [0.25, 0.3) is 5.56 Å². The number of aryl methyl sites for hydroxylation is 1. The first-order valence-corrected chi connectivity index (χ1v) is 8.44. The predicted octanol–water partition coefficient (Wildman–Crippen LogP) is 2.13. The number of carbonyl (C=O) groups is 1. The molecule has 0 radical (unpaired) electrons. The average Bonchev–Trinajstić information content (AvgIpc) is 2.59. The number of nitrogens with zero attached hydrogens (tertiary/aromatic N) is 2. The molecule has 0 aromatic carbocycles. The number of amides is 1. The van der Waals surface area contributed by atoms with E-state index in [9.17, 15) is 9.59 Å². The Balaban J connectivity index is 1.74. The van der Waals surface area contributed by atoms with Gasteiger partial charge in [0.15, 0.2) is 5.82 Å². The van der Waals surface area contributed by atoms with Gasteiger partial charge < -0.3 is 10.3 Å². The molecule has 0 aliphatic heterocycles. The van der Waals surface area contributed by atoms with E-state index in [1.54, 1.807) is 25.3 Å². The highest BCUT2D eigenvalue weighted by molar-refractivity contribution is 5.79. The Bertz CT molecular complexity index is 764. The van der Waals surface area contributed by atoms with Crippen LogP contribution in [0.15, 0.2) is 29.2 Å². The maximum absolute atomic E-state index is 12.4. The highest BCUT2D eigenvalue weighted by atomic mass is 16.2. The average molecular weight is 326 g/mol. The van der Waals surface area contributed by atoms with Crippen molar-refractivity contribution < 1.29 is 4.79 Å². The highest BCUT2D eigenvalue weighted by Gasteiger charge is 2.18. The molecule has 1 fully saturated rings. The first kappa shape index (κ1) is 16.4. The van der Waals surface area contributed by atoms with E-state index < -0.39 is 0 Å². The summed E-state index contributed by atoms with van der Waals surface area (Å²) in [5.41, 5.74) is 1.32. The standard InChI is InChI=1S/C18H22N4O2/c1-12-14(11-16(23)21-13-7-3-2-4-8-13)18(24)22-17(20-12)15-9-5-6-10-19-15/h5-6,9-10,13H,2-4,7-8,11H2,1H3,(H,21,23)(H,20,22,24). The van der Waals surface area contributed by atoms with E-state index in [2.05, 4.69) is 20.3 Å². The van der Waals surface area contributed by atoms with Crippen molar-refractivity contribution in [3.05, 3.63) is 46.0 Å². The van der Waals surface area contributed by atoms with Gasteiger partial charge >= 0.3 is 0 Å². The molecule has 0 saturated heterocycles. The zero-order valence-electron chi connectivity index (χ0n) is 13.8. The summed E-state index contributed by atoms with van der Waals surface area (Å²) < 4.78 is 0. The SMILES string of the molecule is Cc1nc(-c2ccccn2)[nH]c(=O)c1CC(=O)NC1CCCCC1. The van der Waals surface area contributed by atoms with Gasteiger partial charge in [-0.1, -0.05) is 25.3 Å². The van der Waals surface area contributed by atoms with Gasteiger partial charge in [-0.25, -0.2) is 4.98 Å². The Kier molecular flexibility index (Phi) is 5.03. The summed E-state index contributed by atoms with van der Waals surface area (Å²) in [6.07, 6.45) is 7.32. The smallest absolute Gasteiger partial charge is 0.255 e. The fraction of sp³-hybridized carbons (Fsp3) is 0.444. The third-order valence-electron chi connectivity index (χ3n) is 4.44. The van der Waals surface area contributed by atoms with Gasteiger partial charge in [-0.3, -0.25) is 14.6 Å². The fourth-order valence-corrected chi connectivity index (χ4v) is 3.13. The first-order valence-electron chi connectivity index (χ1n) is 8.44. The minimum Gasteiger partial charge on any atom is -0.353 e. The van der Waals surface area contributed by atoms with Crippen molar-refractivity contribution >= 4 is 5.91 Å². The summed E-state index contributed by atoms with van der Waals surface area (Å²) in [6.45, 7) is 1.75. The molecular weight excluding hydrogens is 304 g/mol. The lowest BCUT2D eigenvalue weighted by Gasteiger charge is -2.22. The summed E-state index contributed by atoms with van der Waals surface area (Å²) in [5.74, 6) is 0.317. The summed E-state index contributed by atoms with van der Waals surface area (Å²) in [7, 11) is 0. The zero-order chi connectivity index (χ0) is 16.9. The van der Waals surface area contributed by atoms with E-state index >= 15 is 0 Å². The Morgan fingerprint density at radius 1 is 1.29 bits per heavy atom. The lowest BCUT2D eigenvalue weighted by Crippen LogP contribution is -2.38. The normalized spacial score (nSPS) is 15.2. The van der Waals surface area contributed by atoms with Gasteiger partial charge in [-0.05, 0) is 31.9 Å². The van der Waals surface area contributed by atoms with E-state index in [1.165, 1.54) is 6.42 Å². The molecular formula is C18H22N4O2. The summed E-state index contributed by atoms with van der Waals surface area (Å²) in [5, 5.41) is 3.04. The van der Waals surface area contributed by atoms with Crippen molar-refractivity contribution in [2.45, 2.75) is 51.5 Å². The van der Waals surface area contributed by atoms with Crippen molar-refractivity contribution in [3.63, 3.8) is 0 Å². The monoisotopic (exact) mass is 326 g/mol. The van der Waals surface area contributed by atoms with Crippen molar-refractivity contribution in [1.29, 1.82) is 0 Å². The van der Waals surface area contributed by atoms with Gasteiger partial charge in [0, 0.05) is 23.5 Å². The lowest BCUT2D eigenvalue weighted by atomic mass is 9.95. The number of hydrogen-bond donors (Lipinski definition) is 2. The molecule has 6 nitrogen and oxygen atoms in total. The third kappa shape index (κ3) is 3.88. The fourth-order valence-electron chi connectivity index (χ4n) is 3.13. The summed E-state index contributed by atoms with van der Waals surface area (Å²) in [6, 6.07) is 5.67. The number of aromatic amines is 1. The largest absolute Gasteiger partial charge is 0.353 e. The van der Waals surface area contributed by atoms with E-state index in [0.29, 0.717) is 22.8 Å². The number of pyridine rings is 1. The molecule has 0 unspecified atom stereocenters. The van der Waals surface area contributed by atoms with Crippen LogP contribution in [-0.4, -0.2) is 26.9 Å². The molecule has 1 amide bonds. The van der Waals surface area contributed by atoms with Crippen LogP contribution in [0.3, 0.4) is 0 Å². The van der Waals surface area contributed by atoms with Gasteiger partial charge in [0.05, 0.1) is 6.42 Å². The zero-order valence-corrected chi connectivity index (χ0v) is 13.8. The molecule has 0 bridgehead atoms. The molecule has 0 atom stereocenters. The maximum Gasteiger partial charge on any atom is 0.255 e.